The molecule has 0 saturated heterocycles. The third-order valence-corrected chi connectivity index (χ3v) is 6.46. The molecule has 0 fully saturated rings. The maximum Gasteiger partial charge on any atom is 0.197 e. The van der Waals surface area contributed by atoms with E-state index in [1.807, 2.05) is 57.2 Å². The summed E-state index contributed by atoms with van der Waals surface area (Å²) in [6, 6.07) is 11.7. The van der Waals surface area contributed by atoms with Gasteiger partial charge in [-0.25, -0.2) is 0 Å². The van der Waals surface area contributed by atoms with Crippen LogP contribution in [-0.4, -0.2) is 36.9 Å². The maximum atomic E-state index is 13.5. The third kappa shape index (κ3) is 6.29. The predicted octanol–water partition coefficient (Wildman–Crippen LogP) is 7.51. The second kappa shape index (κ2) is 12.8. The molecule has 3 aromatic rings. The van der Waals surface area contributed by atoms with Gasteiger partial charge in [0.25, 0.3) is 0 Å². The van der Waals surface area contributed by atoms with Crippen molar-refractivity contribution in [3.63, 3.8) is 0 Å². The molecule has 1 aromatic heterocycles. The fourth-order valence-corrected chi connectivity index (χ4v) is 4.61. The van der Waals surface area contributed by atoms with E-state index < -0.39 is 0 Å². The molecule has 184 valence electrons. The lowest BCUT2D eigenvalue weighted by Gasteiger charge is -2.22. The highest BCUT2D eigenvalue weighted by atomic mass is 16.5. The van der Waals surface area contributed by atoms with Crippen LogP contribution in [0.2, 0.25) is 0 Å². The lowest BCUT2D eigenvalue weighted by molar-refractivity contribution is 0.103. The Balaban J connectivity index is 1.69. The second-order valence-corrected chi connectivity index (χ2v) is 9.27. The fourth-order valence-electron chi connectivity index (χ4n) is 4.61. The van der Waals surface area contributed by atoms with Gasteiger partial charge in [-0.15, -0.1) is 0 Å². The van der Waals surface area contributed by atoms with E-state index in [1.54, 1.807) is 0 Å². The molecule has 0 aliphatic carbocycles. The zero-order valence-electron chi connectivity index (χ0n) is 21.7. The van der Waals surface area contributed by atoms with Gasteiger partial charge >= 0.3 is 0 Å². The minimum atomic E-state index is 0.0158. The van der Waals surface area contributed by atoms with E-state index in [1.165, 1.54) is 38.8 Å². The van der Waals surface area contributed by atoms with Crippen LogP contribution in [0.1, 0.15) is 85.7 Å². The highest BCUT2D eigenvalue weighted by molar-refractivity contribution is 6.17. The number of ether oxygens (including phenoxy) is 1. The van der Waals surface area contributed by atoms with Crippen LogP contribution >= 0.6 is 0 Å². The van der Waals surface area contributed by atoms with Crippen LogP contribution in [0, 0.1) is 13.8 Å². The predicted molar refractivity (Wildman–Crippen MR) is 141 cm³/mol. The van der Waals surface area contributed by atoms with E-state index in [-0.39, 0.29) is 5.78 Å². The number of benzene rings is 2. The fraction of sp³-hybridized carbons (Fsp3) is 0.500. The largest absolute Gasteiger partial charge is 0.493 e. The molecule has 0 aliphatic rings. The summed E-state index contributed by atoms with van der Waals surface area (Å²) in [6.07, 6.45) is 6.66. The third-order valence-electron chi connectivity index (χ3n) is 6.46. The molecule has 34 heavy (non-hydrogen) atoms. The Kier molecular flexibility index (Phi) is 9.76. The SMILES string of the molecule is CCCCN(CCCC)CCCOc1c(C)cc(C(=O)c2c(CC)oc3ccccc23)cc1C. The molecule has 0 unspecified atom stereocenters. The summed E-state index contributed by atoms with van der Waals surface area (Å²) < 4.78 is 12.2. The minimum absolute atomic E-state index is 0.0158. The molecule has 0 amide bonds. The maximum absolute atomic E-state index is 13.5. The molecule has 1 heterocycles. The lowest BCUT2D eigenvalue weighted by atomic mass is 9.96. The van der Waals surface area contributed by atoms with Crippen LogP contribution in [0.5, 0.6) is 5.75 Å². The van der Waals surface area contributed by atoms with E-state index in [9.17, 15) is 4.79 Å². The first-order chi connectivity index (χ1) is 16.5. The van der Waals surface area contributed by atoms with Gasteiger partial charge < -0.3 is 14.1 Å². The Bertz CT molecular complexity index is 1050. The van der Waals surface area contributed by atoms with Crippen LogP contribution in [0.4, 0.5) is 0 Å². The average molecular weight is 464 g/mol. The van der Waals surface area contributed by atoms with Crippen molar-refractivity contribution in [3.05, 3.63) is 64.4 Å². The minimum Gasteiger partial charge on any atom is -0.493 e. The molecule has 3 rings (SSSR count). The van der Waals surface area contributed by atoms with Crippen molar-refractivity contribution in [1.82, 2.24) is 4.90 Å². The molecule has 0 aliphatic heterocycles. The molecular formula is C30H41NO3. The van der Waals surface area contributed by atoms with Gasteiger partial charge in [-0.3, -0.25) is 4.79 Å². The zero-order chi connectivity index (χ0) is 24.5. The summed E-state index contributed by atoms with van der Waals surface area (Å²) in [7, 11) is 0. The van der Waals surface area contributed by atoms with Crippen molar-refractivity contribution >= 4 is 16.8 Å². The molecule has 4 nitrogen and oxygen atoms in total. The first-order valence-corrected chi connectivity index (χ1v) is 13.0. The smallest absolute Gasteiger partial charge is 0.197 e. The summed E-state index contributed by atoms with van der Waals surface area (Å²) in [5, 5.41) is 0.885. The Morgan fingerprint density at radius 2 is 1.53 bits per heavy atom. The van der Waals surface area contributed by atoms with Crippen LogP contribution in [0.3, 0.4) is 0 Å². The summed E-state index contributed by atoms with van der Waals surface area (Å²) in [6.45, 7) is 14.7. The number of nitrogens with zero attached hydrogens (tertiary/aromatic N) is 1. The Hall–Kier alpha value is -2.59. The highest BCUT2D eigenvalue weighted by Crippen LogP contribution is 2.31. The van der Waals surface area contributed by atoms with Gasteiger partial charge in [-0.05, 0) is 75.5 Å². The van der Waals surface area contributed by atoms with Crippen molar-refractivity contribution in [2.45, 2.75) is 73.1 Å². The summed E-state index contributed by atoms with van der Waals surface area (Å²) in [5.41, 5.74) is 4.15. The van der Waals surface area contributed by atoms with E-state index in [0.29, 0.717) is 24.2 Å². The number of para-hydroxylation sites is 1. The molecule has 0 bridgehead atoms. The zero-order valence-corrected chi connectivity index (χ0v) is 21.7. The topological polar surface area (TPSA) is 42.7 Å². The van der Waals surface area contributed by atoms with E-state index in [4.69, 9.17) is 9.15 Å². The average Bonchev–Trinajstić information content (AvgIpc) is 3.22. The van der Waals surface area contributed by atoms with Crippen LogP contribution < -0.4 is 4.74 Å². The van der Waals surface area contributed by atoms with Gasteiger partial charge in [0.05, 0.1) is 12.2 Å². The highest BCUT2D eigenvalue weighted by Gasteiger charge is 2.22. The van der Waals surface area contributed by atoms with Crippen molar-refractivity contribution in [3.8, 4) is 5.75 Å². The number of carbonyl (C=O) groups is 1. The number of carbonyl (C=O) groups excluding carboxylic acids is 1. The number of unbranched alkanes of at least 4 members (excludes halogenated alkanes) is 2. The number of fused-ring (bicyclic) bond motifs is 1. The quantitative estimate of drug-likeness (QED) is 0.183. The number of hydrogen-bond donors (Lipinski definition) is 0. The van der Waals surface area contributed by atoms with Crippen molar-refractivity contribution in [1.29, 1.82) is 0 Å². The molecule has 0 radical (unpaired) electrons. The summed E-state index contributed by atoms with van der Waals surface area (Å²) in [4.78, 5) is 16.1. The van der Waals surface area contributed by atoms with Crippen LogP contribution in [0.15, 0.2) is 40.8 Å². The normalized spacial score (nSPS) is 11.5. The Morgan fingerprint density at radius 1 is 0.912 bits per heavy atom. The number of rotatable bonds is 14. The number of hydrogen-bond acceptors (Lipinski definition) is 4. The van der Waals surface area contributed by atoms with Gasteiger partial charge in [0.1, 0.15) is 17.1 Å². The molecule has 4 heteroatoms. The molecule has 0 saturated carbocycles. The van der Waals surface area contributed by atoms with Crippen molar-refractivity contribution in [2.75, 3.05) is 26.2 Å². The van der Waals surface area contributed by atoms with Gasteiger partial charge in [-0.1, -0.05) is 51.8 Å². The van der Waals surface area contributed by atoms with Crippen molar-refractivity contribution in [2.24, 2.45) is 0 Å². The molecule has 0 atom stereocenters. The number of ketones is 1. The van der Waals surface area contributed by atoms with Gasteiger partial charge in [0.15, 0.2) is 5.78 Å². The Labute approximate surface area is 205 Å². The summed E-state index contributed by atoms with van der Waals surface area (Å²) >= 11 is 0. The second-order valence-electron chi connectivity index (χ2n) is 9.27. The van der Waals surface area contributed by atoms with Crippen molar-refractivity contribution < 1.29 is 13.9 Å². The first-order valence-electron chi connectivity index (χ1n) is 13.0. The molecule has 2 aromatic carbocycles. The van der Waals surface area contributed by atoms with Gasteiger partial charge in [0, 0.05) is 23.9 Å². The lowest BCUT2D eigenvalue weighted by Crippen LogP contribution is -2.28. The van der Waals surface area contributed by atoms with E-state index >= 15 is 0 Å². The monoisotopic (exact) mass is 463 g/mol. The molecule has 0 spiro atoms. The Morgan fingerprint density at radius 3 is 2.15 bits per heavy atom. The number of aryl methyl sites for hydroxylation is 3. The standard InChI is InChI=1S/C30H41NO3/c1-6-9-16-31(17-10-7-2)18-13-19-33-30-22(4)20-24(21-23(30)5)29(32)28-25-14-11-12-15-27(25)34-26(28)8-3/h11-12,14-15,20-21H,6-10,13,16-19H2,1-5H3. The van der Waals surface area contributed by atoms with Crippen LogP contribution in [0.25, 0.3) is 11.0 Å². The van der Waals surface area contributed by atoms with Gasteiger partial charge in [-0.2, -0.15) is 0 Å². The number of furan rings is 1. The van der Waals surface area contributed by atoms with E-state index in [2.05, 4.69) is 18.7 Å². The summed E-state index contributed by atoms with van der Waals surface area (Å²) in [5.74, 6) is 1.66. The van der Waals surface area contributed by atoms with Gasteiger partial charge in [0.2, 0.25) is 0 Å². The first kappa shape index (κ1) is 26.0. The molecular weight excluding hydrogens is 422 g/mol. The van der Waals surface area contributed by atoms with Crippen LogP contribution in [-0.2, 0) is 6.42 Å². The van der Waals surface area contributed by atoms with E-state index in [0.717, 1.165) is 46.6 Å². The molecule has 0 N–H and O–H groups in total.